The molecule has 0 saturated heterocycles. The Bertz CT molecular complexity index is 674. The zero-order valence-electron chi connectivity index (χ0n) is 11.2. The Morgan fingerprint density at radius 3 is 2.89 bits per heavy atom. The first-order valence-electron chi connectivity index (χ1n) is 6.60. The van der Waals surface area contributed by atoms with E-state index in [4.69, 9.17) is 0 Å². The minimum atomic E-state index is 0.503. The van der Waals surface area contributed by atoms with E-state index in [1.165, 1.54) is 32.8 Å². The van der Waals surface area contributed by atoms with E-state index < -0.39 is 0 Å². The van der Waals surface area contributed by atoms with Gasteiger partial charge in [-0.2, -0.15) is 0 Å². The average Bonchev–Trinajstić information content (AvgIpc) is 2.50. The molecule has 2 aliphatic rings. The molecule has 1 atom stereocenters. The first-order chi connectivity index (χ1) is 8.66. The molecular weight excluding hydrogens is 218 g/mol. The van der Waals surface area contributed by atoms with Gasteiger partial charge in [0.15, 0.2) is 0 Å². The van der Waals surface area contributed by atoms with E-state index in [0.717, 1.165) is 6.54 Å². The first kappa shape index (κ1) is 11.3. The summed E-state index contributed by atoms with van der Waals surface area (Å²) in [6, 6.07) is 4.45. The summed E-state index contributed by atoms with van der Waals surface area (Å²) < 4.78 is 0. The van der Waals surface area contributed by atoms with Crippen LogP contribution < -0.4 is 15.8 Å². The summed E-state index contributed by atoms with van der Waals surface area (Å²) in [6.45, 7) is 7.64. The molecule has 3 rings (SSSR count). The SMILES string of the molecule is CC1=Cc2ccc3c(c2NC1)=C(C)C(C)C=CC=3. The third kappa shape index (κ3) is 1.71. The predicted octanol–water partition coefficient (Wildman–Crippen LogP) is 2.67. The van der Waals surface area contributed by atoms with Gasteiger partial charge < -0.3 is 5.32 Å². The molecule has 0 fully saturated rings. The van der Waals surface area contributed by atoms with Crippen LogP contribution in [0.1, 0.15) is 26.3 Å². The molecular formula is C17H19N. The topological polar surface area (TPSA) is 12.0 Å². The van der Waals surface area contributed by atoms with Gasteiger partial charge in [-0.15, -0.1) is 0 Å². The molecule has 0 amide bonds. The lowest BCUT2D eigenvalue weighted by Gasteiger charge is -2.19. The van der Waals surface area contributed by atoms with Crippen LogP contribution >= 0.6 is 0 Å². The number of fused-ring (bicyclic) bond motifs is 3. The standard InChI is InChI=1S/C17H19N/c1-11-9-15-8-7-14-6-4-5-12(2)13(3)16(14)17(15)18-10-11/h4-9,12,18H,10H2,1-3H3. The van der Waals surface area contributed by atoms with Crippen LogP contribution in [0.2, 0.25) is 0 Å². The van der Waals surface area contributed by atoms with Crippen molar-refractivity contribution >= 4 is 23.4 Å². The normalized spacial score (nSPS) is 21.2. The van der Waals surface area contributed by atoms with Crippen LogP contribution in [0.25, 0.3) is 17.7 Å². The molecule has 1 nitrogen and oxygen atoms in total. The van der Waals surface area contributed by atoms with Crippen LogP contribution in [-0.4, -0.2) is 6.54 Å². The highest BCUT2D eigenvalue weighted by molar-refractivity contribution is 5.75. The maximum atomic E-state index is 3.58. The second-order valence-corrected chi connectivity index (χ2v) is 5.36. The molecule has 1 aliphatic carbocycles. The summed E-state index contributed by atoms with van der Waals surface area (Å²) in [5.41, 5.74) is 5.47. The van der Waals surface area contributed by atoms with E-state index in [1.807, 2.05) is 0 Å². The fourth-order valence-electron chi connectivity index (χ4n) is 2.75. The molecule has 1 aromatic rings. The summed E-state index contributed by atoms with van der Waals surface area (Å²) in [6.07, 6.45) is 8.96. The highest BCUT2D eigenvalue weighted by atomic mass is 14.9. The van der Waals surface area contributed by atoms with Crippen molar-refractivity contribution < 1.29 is 0 Å². The molecule has 0 aromatic heterocycles. The Balaban J connectivity index is 2.42. The van der Waals surface area contributed by atoms with Crippen molar-refractivity contribution in [3.63, 3.8) is 0 Å². The van der Waals surface area contributed by atoms with Crippen LogP contribution in [0.15, 0.2) is 29.9 Å². The van der Waals surface area contributed by atoms with E-state index in [2.05, 4.69) is 62.5 Å². The largest absolute Gasteiger partial charge is 0.380 e. The van der Waals surface area contributed by atoms with Crippen molar-refractivity contribution in [2.45, 2.75) is 20.8 Å². The zero-order valence-corrected chi connectivity index (χ0v) is 11.2. The highest BCUT2D eigenvalue weighted by Gasteiger charge is 2.13. The number of nitrogens with one attached hydrogen (secondary N) is 1. The third-order valence-electron chi connectivity index (χ3n) is 3.97. The van der Waals surface area contributed by atoms with Crippen LogP contribution in [0.4, 0.5) is 5.69 Å². The lowest BCUT2D eigenvalue weighted by atomic mass is 9.96. The van der Waals surface area contributed by atoms with E-state index in [-0.39, 0.29) is 0 Å². The fourth-order valence-corrected chi connectivity index (χ4v) is 2.75. The summed E-state index contributed by atoms with van der Waals surface area (Å²) in [4.78, 5) is 0. The van der Waals surface area contributed by atoms with Crippen LogP contribution in [0, 0.1) is 5.92 Å². The van der Waals surface area contributed by atoms with Gasteiger partial charge in [-0.25, -0.2) is 0 Å². The lowest BCUT2D eigenvalue weighted by Crippen LogP contribution is -2.32. The molecule has 1 aliphatic heterocycles. The molecule has 0 spiro atoms. The van der Waals surface area contributed by atoms with Crippen molar-refractivity contribution in [3.05, 3.63) is 45.9 Å². The van der Waals surface area contributed by atoms with Gasteiger partial charge in [-0.3, -0.25) is 0 Å². The van der Waals surface area contributed by atoms with E-state index in [9.17, 15) is 0 Å². The van der Waals surface area contributed by atoms with Gasteiger partial charge in [0, 0.05) is 17.5 Å². The highest BCUT2D eigenvalue weighted by Crippen LogP contribution is 2.21. The second kappa shape index (κ2) is 4.16. The number of hydrogen-bond donors (Lipinski definition) is 1. The maximum absolute atomic E-state index is 3.58. The van der Waals surface area contributed by atoms with Crippen molar-refractivity contribution in [3.8, 4) is 0 Å². The second-order valence-electron chi connectivity index (χ2n) is 5.36. The van der Waals surface area contributed by atoms with Crippen molar-refractivity contribution in [1.82, 2.24) is 0 Å². The molecule has 1 aromatic carbocycles. The summed E-state index contributed by atoms with van der Waals surface area (Å²) in [7, 11) is 0. The Hall–Kier alpha value is -1.76. The molecule has 0 radical (unpaired) electrons. The maximum Gasteiger partial charge on any atom is 0.0495 e. The Kier molecular flexibility index (Phi) is 2.62. The molecule has 1 heterocycles. The van der Waals surface area contributed by atoms with Crippen LogP contribution in [0.5, 0.6) is 0 Å². The summed E-state index contributed by atoms with van der Waals surface area (Å²) in [5, 5.41) is 6.31. The minimum absolute atomic E-state index is 0.503. The van der Waals surface area contributed by atoms with E-state index in [0.29, 0.717) is 5.92 Å². The molecule has 92 valence electrons. The van der Waals surface area contributed by atoms with Gasteiger partial charge in [0.25, 0.3) is 0 Å². The first-order valence-corrected chi connectivity index (χ1v) is 6.60. The summed E-state index contributed by atoms with van der Waals surface area (Å²) >= 11 is 0. The molecule has 0 saturated carbocycles. The third-order valence-corrected chi connectivity index (χ3v) is 3.97. The van der Waals surface area contributed by atoms with Gasteiger partial charge in [-0.05, 0) is 30.5 Å². The Labute approximate surface area is 108 Å². The van der Waals surface area contributed by atoms with Gasteiger partial charge in [0.2, 0.25) is 0 Å². The number of anilines is 1. The number of hydrogen-bond acceptors (Lipinski definition) is 1. The predicted molar refractivity (Wildman–Crippen MR) is 79.7 cm³/mol. The molecule has 1 heteroatoms. The minimum Gasteiger partial charge on any atom is -0.380 e. The fraction of sp³-hybridized carbons (Fsp3) is 0.294. The van der Waals surface area contributed by atoms with Gasteiger partial charge in [0.1, 0.15) is 0 Å². The van der Waals surface area contributed by atoms with Crippen molar-refractivity contribution in [2.75, 3.05) is 11.9 Å². The molecule has 1 N–H and O–H groups in total. The van der Waals surface area contributed by atoms with Crippen molar-refractivity contribution in [1.29, 1.82) is 0 Å². The van der Waals surface area contributed by atoms with Gasteiger partial charge >= 0.3 is 0 Å². The Morgan fingerprint density at radius 1 is 1.22 bits per heavy atom. The van der Waals surface area contributed by atoms with E-state index in [1.54, 1.807) is 0 Å². The van der Waals surface area contributed by atoms with Gasteiger partial charge in [0.05, 0.1) is 0 Å². The number of benzene rings is 1. The monoisotopic (exact) mass is 237 g/mol. The zero-order chi connectivity index (χ0) is 12.7. The van der Waals surface area contributed by atoms with Crippen LogP contribution in [0.3, 0.4) is 0 Å². The number of allylic oxidation sites excluding steroid dienone is 2. The number of rotatable bonds is 0. The molecule has 18 heavy (non-hydrogen) atoms. The van der Waals surface area contributed by atoms with Crippen LogP contribution in [-0.2, 0) is 0 Å². The summed E-state index contributed by atoms with van der Waals surface area (Å²) in [5.74, 6) is 0.503. The molecule has 1 unspecified atom stereocenters. The lowest BCUT2D eigenvalue weighted by molar-refractivity contribution is 0.947. The van der Waals surface area contributed by atoms with Gasteiger partial charge in [-0.1, -0.05) is 54.5 Å². The Morgan fingerprint density at radius 2 is 2.06 bits per heavy atom. The molecule has 0 bridgehead atoms. The van der Waals surface area contributed by atoms with Crippen molar-refractivity contribution in [2.24, 2.45) is 5.92 Å². The average molecular weight is 237 g/mol. The van der Waals surface area contributed by atoms with E-state index >= 15 is 0 Å². The quantitative estimate of drug-likeness (QED) is 0.731. The smallest absolute Gasteiger partial charge is 0.0495 e.